The normalized spacial score (nSPS) is 22.3. The van der Waals surface area contributed by atoms with Gasteiger partial charge in [-0.3, -0.25) is 4.79 Å². The largest absolute Gasteiger partial charge is 0.408 e. The van der Waals surface area contributed by atoms with Crippen LogP contribution in [0.5, 0.6) is 0 Å². The first-order chi connectivity index (χ1) is 7.56. The highest BCUT2D eigenvalue weighted by molar-refractivity contribution is 5.88. The molecule has 7 heteroatoms. The summed E-state index contributed by atoms with van der Waals surface area (Å²) < 4.78 is 5.22. The van der Waals surface area contributed by atoms with Gasteiger partial charge in [-0.1, -0.05) is 5.16 Å². The van der Waals surface area contributed by atoms with Gasteiger partial charge in [0.15, 0.2) is 0 Å². The average molecular weight is 230 g/mol. The molecule has 1 rings (SSSR count). The average Bonchev–Trinajstić information content (AvgIpc) is 2.27. The van der Waals surface area contributed by atoms with Gasteiger partial charge in [0, 0.05) is 12.6 Å². The molecule has 1 aliphatic heterocycles. The number of nitrogens with two attached hydrogens (primary N) is 1. The Morgan fingerprint density at radius 1 is 1.69 bits per heavy atom. The number of nitrogens with one attached hydrogen (secondary N) is 1. The maximum Gasteiger partial charge on any atom is 0.245 e. The Balaban J connectivity index is 2.70. The second-order valence-electron chi connectivity index (χ2n) is 3.91. The lowest BCUT2D eigenvalue weighted by molar-refractivity contribution is -0.130. The lowest BCUT2D eigenvalue weighted by Gasteiger charge is -2.34. The Labute approximate surface area is 94.2 Å². The van der Waals surface area contributed by atoms with Gasteiger partial charge in [0.1, 0.15) is 6.04 Å². The predicted octanol–water partition coefficient (Wildman–Crippen LogP) is -1.08. The van der Waals surface area contributed by atoms with E-state index in [1.54, 1.807) is 0 Å². The van der Waals surface area contributed by atoms with Crippen molar-refractivity contribution in [1.29, 1.82) is 0 Å². The van der Waals surface area contributed by atoms with Crippen molar-refractivity contribution < 1.29 is 14.7 Å². The van der Waals surface area contributed by atoms with Crippen molar-refractivity contribution in [2.24, 2.45) is 10.9 Å². The van der Waals surface area contributed by atoms with E-state index in [1.165, 1.54) is 4.90 Å². The van der Waals surface area contributed by atoms with E-state index in [4.69, 9.17) is 15.7 Å². The summed E-state index contributed by atoms with van der Waals surface area (Å²) in [4.78, 5) is 13.3. The molecular formula is C9H18N4O3. The SMILES string of the molecule is CC(C)NC(=O)C1COCCN1C(N)=NO. The minimum absolute atomic E-state index is 0.0450. The molecule has 0 saturated carbocycles. The monoisotopic (exact) mass is 230 g/mol. The number of oxime groups is 1. The number of carbonyl (C=O) groups excluding carboxylic acids is 1. The summed E-state index contributed by atoms with van der Waals surface area (Å²) in [5.41, 5.74) is 5.50. The first kappa shape index (κ1) is 12.6. The first-order valence-electron chi connectivity index (χ1n) is 5.18. The summed E-state index contributed by atoms with van der Waals surface area (Å²) in [5, 5.41) is 14.3. The van der Waals surface area contributed by atoms with Crippen molar-refractivity contribution in [2.75, 3.05) is 19.8 Å². The van der Waals surface area contributed by atoms with E-state index in [-0.39, 0.29) is 24.5 Å². The molecule has 0 aromatic carbocycles. The minimum Gasteiger partial charge on any atom is -0.408 e. The summed E-state index contributed by atoms with van der Waals surface area (Å²) in [5.74, 6) is -0.242. The van der Waals surface area contributed by atoms with Crippen molar-refractivity contribution in [3.05, 3.63) is 0 Å². The van der Waals surface area contributed by atoms with Gasteiger partial charge in [0.25, 0.3) is 0 Å². The second kappa shape index (κ2) is 5.55. The zero-order chi connectivity index (χ0) is 12.1. The number of nitrogens with zero attached hydrogens (tertiary/aromatic N) is 2. The third-order valence-electron chi connectivity index (χ3n) is 2.26. The van der Waals surface area contributed by atoms with Crippen molar-refractivity contribution >= 4 is 11.9 Å². The molecule has 1 fully saturated rings. The molecule has 1 saturated heterocycles. The van der Waals surface area contributed by atoms with Crippen LogP contribution in [0.4, 0.5) is 0 Å². The number of carbonyl (C=O) groups is 1. The van der Waals surface area contributed by atoms with Crippen LogP contribution in [0, 0.1) is 0 Å². The Morgan fingerprint density at radius 2 is 2.38 bits per heavy atom. The van der Waals surface area contributed by atoms with Gasteiger partial charge >= 0.3 is 0 Å². The van der Waals surface area contributed by atoms with E-state index >= 15 is 0 Å². The molecule has 16 heavy (non-hydrogen) atoms. The topological polar surface area (TPSA) is 100 Å². The fourth-order valence-corrected chi connectivity index (χ4v) is 1.53. The molecule has 0 radical (unpaired) electrons. The third kappa shape index (κ3) is 2.99. The van der Waals surface area contributed by atoms with Gasteiger partial charge in [-0.15, -0.1) is 0 Å². The molecule has 7 nitrogen and oxygen atoms in total. The van der Waals surface area contributed by atoms with E-state index in [1.807, 2.05) is 13.8 Å². The number of amides is 1. The molecule has 1 unspecified atom stereocenters. The maximum atomic E-state index is 11.8. The van der Waals surface area contributed by atoms with E-state index in [2.05, 4.69) is 10.5 Å². The zero-order valence-corrected chi connectivity index (χ0v) is 9.51. The molecule has 0 aromatic rings. The molecule has 92 valence electrons. The molecule has 0 aromatic heterocycles. The molecule has 1 heterocycles. The number of guanidine groups is 1. The van der Waals surface area contributed by atoms with Crippen molar-refractivity contribution in [1.82, 2.24) is 10.2 Å². The highest BCUT2D eigenvalue weighted by Gasteiger charge is 2.31. The van der Waals surface area contributed by atoms with Crippen molar-refractivity contribution in [2.45, 2.75) is 25.9 Å². The fourth-order valence-electron chi connectivity index (χ4n) is 1.53. The number of morpholine rings is 1. The van der Waals surface area contributed by atoms with E-state index in [0.717, 1.165) is 0 Å². The number of hydrogen-bond donors (Lipinski definition) is 3. The van der Waals surface area contributed by atoms with E-state index in [0.29, 0.717) is 13.2 Å². The van der Waals surface area contributed by atoms with Crippen LogP contribution in [0.1, 0.15) is 13.8 Å². The molecule has 0 aliphatic carbocycles. The Hall–Kier alpha value is -1.50. The second-order valence-corrected chi connectivity index (χ2v) is 3.91. The van der Waals surface area contributed by atoms with Crippen LogP contribution < -0.4 is 11.1 Å². The van der Waals surface area contributed by atoms with Crippen molar-refractivity contribution in [3.8, 4) is 0 Å². The van der Waals surface area contributed by atoms with Gasteiger partial charge in [-0.2, -0.15) is 0 Å². The first-order valence-corrected chi connectivity index (χ1v) is 5.18. The van der Waals surface area contributed by atoms with Gasteiger partial charge < -0.3 is 25.9 Å². The number of ether oxygens (including phenoxy) is 1. The van der Waals surface area contributed by atoms with E-state index < -0.39 is 6.04 Å². The maximum absolute atomic E-state index is 11.8. The Morgan fingerprint density at radius 3 is 2.94 bits per heavy atom. The summed E-state index contributed by atoms with van der Waals surface area (Å²) in [6.45, 7) is 4.88. The molecule has 1 aliphatic rings. The Bertz CT molecular complexity index is 280. The van der Waals surface area contributed by atoms with Crippen LogP contribution in [-0.4, -0.2) is 53.8 Å². The quantitative estimate of drug-likeness (QED) is 0.242. The molecule has 1 amide bonds. The van der Waals surface area contributed by atoms with Gasteiger partial charge in [-0.25, -0.2) is 0 Å². The summed E-state index contributed by atoms with van der Waals surface area (Å²) >= 11 is 0. The van der Waals surface area contributed by atoms with Gasteiger partial charge in [0.05, 0.1) is 13.2 Å². The smallest absolute Gasteiger partial charge is 0.245 e. The lowest BCUT2D eigenvalue weighted by Crippen LogP contribution is -2.58. The Kier molecular flexibility index (Phi) is 4.36. The predicted molar refractivity (Wildman–Crippen MR) is 58.0 cm³/mol. The summed E-state index contributed by atoms with van der Waals surface area (Å²) in [7, 11) is 0. The minimum atomic E-state index is -0.535. The summed E-state index contributed by atoms with van der Waals surface area (Å²) in [6.07, 6.45) is 0. The fraction of sp³-hybridized carbons (Fsp3) is 0.778. The van der Waals surface area contributed by atoms with Crippen molar-refractivity contribution in [3.63, 3.8) is 0 Å². The van der Waals surface area contributed by atoms with E-state index in [9.17, 15) is 4.79 Å². The standard InChI is InChI=1S/C9H18N4O3/c1-6(2)11-8(14)7-5-16-4-3-13(7)9(10)12-15/h6-7,15H,3-5H2,1-2H3,(H2,10,12)(H,11,14). The van der Waals surface area contributed by atoms with Gasteiger partial charge in [-0.05, 0) is 13.8 Å². The lowest BCUT2D eigenvalue weighted by atomic mass is 10.2. The number of hydrogen-bond acceptors (Lipinski definition) is 4. The highest BCUT2D eigenvalue weighted by Crippen LogP contribution is 2.07. The van der Waals surface area contributed by atoms with Crippen LogP contribution >= 0.6 is 0 Å². The highest BCUT2D eigenvalue weighted by atomic mass is 16.5. The molecule has 4 N–H and O–H groups in total. The van der Waals surface area contributed by atoms with Crippen LogP contribution in [-0.2, 0) is 9.53 Å². The van der Waals surface area contributed by atoms with Crippen LogP contribution in [0.2, 0.25) is 0 Å². The molecular weight excluding hydrogens is 212 g/mol. The molecule has 1 atom stereocenters. The molecule has 0 spiro atoms. The van der Waals surface area contributed by atoms with Crippen LogP contribution in [0.15, 0.2) is 5.16 Å². The third-order valence-corrected chi connectivity index (χ3v) is 2.26. The summed E-state index contributed by atoms with van der Waals surface area (Å²) in [6, 6.07) is -0.490. The van der Waals surface area contributed by atoms with Gasteiger partial charge in [0.2, 0.25) is 11.9 Å². The number of rotatable bonds is 2. The zero-order valence-electron chi connectivity index (χ0n) is 9.51. The van der Waals surface area contributed by atoms with Crippen LogP contribution in [0.25, 0.3) is 0 Å². The molecule has 0 bridgehead atoms. The van der Waals surface area contributed by atoms with Crippen LogP contribution in [0.3, 0.4) is 0 Å².